The smallest absolute Gasteiger partial charge is 0.193 e. The maximum absolute atomic E-state index is 4.87. The van der Waals surface area contributed by atoms with Gasteiger partial charge in [-0.2, -0.15) is 5.10 Å². The lowest BCUT2D eigenvalue weighted by Crippen LogP contribution is -2.45. The van der Waals surface area contributed by atoms with E-state index < -0.39 is 0 Å². The summed E-state index contributed by atoms with van der Waals surface area (Å²) in [5, 5.41) is 13.8. The number of aliphatic imine (C=N–C) groups is 1. The quantitative estimate of drug-likeness (QED) is 0.340. The Balaban J connectivity index is 0.00000240. The normalized spacial score (nSPS) is 18.2. The predicted molar refractivity (Wildman–Crippen MR) is 129 cm³/mol. The molecule has 2 aliphatic rings. The molecule has 2 aromatic rings. The molecule has 2 fully saturated rings. The van der Waals surface area contributed by atoms with Crippen molar-refractivity contribution < 1.29 is 0 Å². The highest BCUT2D eigenvalue weighted by atomic mass is 127. The first-order valence-corrected chi connectivity index (χ1v) is 11.3. The minimum Gasteiger partial charge on any atom is -0.357 e. The molecule has 0 bridgehead atoms. The third-order valence-electron chi connectivity index (χ3n) is 5.50. The Morgan fingerprint density at radius 3 is 2.76 bits per heavy atom. The van der Waals surface area contributed by atoms with E-state index in [0.717, 1.165) is 76.0 Å². The van der Waals surface area contributed by atoms with E-state index in [2.05, 4.69) is 42.6 Å². The molecule has 0 aromatic carbocycles. The van der Waals surface area contributed by atoms with E-state index in [1.54, 1.807) is 17.7 Å². The molecule has 0 amide bonds. The van der Waals surface area contributed by atoms with E-state index >= 15 is 0 Å². The highest BCUT2D eigenvalue weighted by Gasteiger charge is 2.24. The summed E-state index contributed by atoms with van der Waals surface area (Å²) < 4.78 is 0. The summed E-state index contributed by atoms with van der Waals surface area (Å²) >= 11 is 1.77. The highest BCUT2D eigenvalue weighted by Crippen LogP contribution is 2.26. The van der Waals surface area contributed by atoms with Gasteiger partial charge >= 0.3 is 0 Å². The van der Waals surface area contributed by atoms with Gasteiger partial charge in [0.2, 0.25) is 0 Å². The summed E-state index contributed by atoms with van der Waals surface area (Å²) in [5.41, 5.74) is 1.16. The van der Waals surface area contributed by atoms with Crippen molar-refractivity contribution >= 4 is 46.4 Å². The van der Waals surface area contributed by atoms with Crippen LogP contribution in [0.25, 0.3) is 0 Å². The lowest BCUT2D eigenvalue weighted by molar-refractivity contribution is 0.299. The van der Waals surface area contributed by atoms with Crippen molar-refractivity contribution in [2.75, 3.05) is 44.2 Å². The SMILES string of the molecule is CCNC(=NCCc1csc(N2CCCC2)n1)N1CCC(c2ncn[nH]2)CC1.I. The van der Waals surface area contributed by atoms with Crippen molar-refractivity contribution in [1.29, 1.82) is 0 Å². The van der Waals surface area contributed by atoms with Gasteiger partial charge in [-0.1, -0.05) is 0 Å². The Morgan fingerprint density at radius 1 is 1.28 bits per heavy atom. The molecule has 4 heterocycles. The number of hydrogen-bond acceptors (Lipinski definition) is 6. The third-order valence-corrected chi connectivity index (χ3v) is 6.45. The average Bonchev–Trinajstić information content (AvgIpc) is 3.50. The van der Waals surface area contributed by atoms with Crippen LogP contribution in [-0.2, 0) is 6.42 Å². The molecule has 10 heteroatoms. The van der Waals surface area contributed by atoms with Gasteiger partial charge in [0.05, 0.1) is 5.69 Å². The maximum Gasteiger partial charge on any atom is 0.193 e. The molecule has 0 radical (unpaired) electrons. The lowest BCUT2D eigenvalue weighted by Gasteiger charge is -2.33. The van der Waals surface area contributed by atoms with Gasteiger partial charge in [0.1, 0.15) is 12.2 Å². The van der Waals surface area contributed by atoms with Crippen LogP contribution in [0.5, 0.6) is 0 Å². The summed E-state index contributed by atoms with van der Waals surface area (Å²) in [6.45, 7) is 8.07. The number of hydrogen-bond donors (Lipinski definition) is 2. The van der Waals surface area contributed by atoms with Crippen LogP contribution in [0.1, 0.15) is 50.0 Å². The maximum atomic E-state index is 4.87. The highest BCUT2D eigenvalue weighted by molar-refractivity contribution is 14.0. The molecule has 8 nitrogen and oxygen atoms in total. The van der Waals surface area contributed by atoms with Gasteiger partial charge < -0.3 is 15.1 Å². The van der Waals surface area contributed by atoms with Crippen molar-refractivity contribution in [2.24, 2.45) is 4.99 Å². The summed E-state index contributed by atoms with van der Waals surface area (Å²) in [5.74, 6) is 2.51. The minimum atomic E-state index is 0. The van der Waals surface area contributed by atoms with Crippen molar-refractivity contribution in [3.05, 3.63) is 23.2 Å². The van der Waals surface area contributed by atoms with Crippen LogP contribution in [0.4, 0.5) is 5.13 Å². The lowest BCUT2D eigenvalue weighted by atomic mass is 9.96. The number of piperidine rings is 1. The first-order chi connectivity index (χ1) is 13.8. The Hall–Kier alpha value is -1.43. The van der Waals surface area contributed by atoms with E-state index in [-0.39, 0.29) is 24.0 Å². The van der Waals surface area contributed by atoms with Crippen molar-refractivity contribution in [3.8, 4) is 0 Å². The van der Waals surface area contributed by atoms with Gasteiger partial charge in [-0.05, 0) is 32.6 Å². The number of anilines is 1. The van der Waals surface area contributed by atoms with Gasteiger partial charge in [-0.3, -0.25) is 10.1 Å². The van der Waals surface area contributed by atoms with Gasteiger partial charge in [0.25, 0.3) is 0 Å². The Morgan fingerprint density at radius 2 is 2.07 bits per heavy atom. The largest absolute Gasteiger partial charge is 0.357 e. The fraction of sp³-hybridized carbons (Fsp3) is 0.684. The zero-order valence-electron chi connectivity index (χ0n) is 17.0. The minimum absolute atomic E-state index is 0. The number of likely N-dealkylation sites (tertiary alicyclic amines) is 1. The van der Waals surface area contributed by atoms with Gasteiger partial charge in [0, 0.05) is 57.0 Å². The first-order valence-electron chi connectivity index (χ1n) is 10.4. The number of nitrogens with one attached hydrogen (secondary N) is 2. The standard InChI is InChI=1S/C19H30N8S.HI/c1-2-20-18(26-11-6-15(7-12-26)17-22-14-23-25-17)21-8-5-16-13-28-19(24-16)27-9-3-4-10-27;/h13-15H,2-12H2,1H3,(H,20,21)(H,22,23,25);1H. The van der Waals surface area contributed by atoms with Crippen LogP contribution in [-0.4, -0.2) is 70.3 Å². The molecule has 29 heavy (non-hydrogen) atoms. The van der Waals surface area contributed by atoms with Crippen molar-refractivity contribution in [2.45, 2.75) is 44.9 Å². The first kappa shape index (κ1) is 22.3. The molecular formula is C19H31IN8S. The van der Waals surface area contributed by atoms with E-state index in [1.165, 1.54) is 18.0 Å². The van der Waals surface area contributed by atoms with Gasteiger partial charge in [0.15, 0.2) is 11.1 Å². The molecular weight excluding hydrogens is 499 g/mol. The number of thiazole rings is 1. The summed E-state index contributed by atoms with van der Waals surface area (Å²) in [6.07, 6.45) is 7.22. The number of aromatic nitrogens is 4. The van der Waals surface area contributed by atoms with E-state index in [4.69, 9.17) is 9.98 Å². The topological polar surface area (TPSA) is 85.3 Å². The Bertz CT molecular complexity index is 748. The molecule has 2 N–H and O–H groups in total. The summed E-state index contributed by atoms with van der Waals surface area (Å²) in [4.78, 5) is 18.8. The molecule has 0 spiro atoms. The van der Waals surface area contributed by atoms with E-state index in [9.17, 15) is 0 Å². The van der Waals surface area contributed by atoms with Crippen LogP contribution in [0, 0.1) is 0 Å². The van der Waals surface area contributed by atoms with Crippen LogP contribution in [0.15, 0.2) is 16.7 Å². The predicted octanol–water partition coefficient (Wildman–Crippen LogP) is 2.87. The fourth-order valence-corrected chi connectivity index (χ4v) is 4.86. The van der Waals surface area contributed by atoms with E-state index in [0.29, 0.717) is 5.92 Å². The number of guanidine groups is 1. The van der Waals surface area contributed by atoms with Crippen LogP contribution < -0.4 is 10.2 Å². The molecule has 2 aromatic heterocycles. The van der Waals surface area contributed by atoms with Crippen molar-refractivity contribution in [3.63, 3.8) is 0 Å². The molecule has 2 aliphatic heterocycles. The average molecular weight is 530 g/mol. The second-order valence-electron chi connectivity index (χ2n) is 7.43. The van der Waals surface area contributed by atoms with E-state index in [1.807, 2.05) is 0 Å². The molecule has 0 atom stereocenters. The fourth-order valence-electron chi connectivity index (χ4n) is 3.94. The second-order valence-corrected chi connectivity index (χ2v) is 8.27. The molecule has 0 unspecified atom stereocenters. The van der Waals surface area contributed by atoms with Crippen LogP contribution in [0.2, 0.25) is 0 Å². The summed E-state index contributed by atoms with van der Waals surface area (Å²) in [6, 6.07) is 0. The number of aromatic amines is 1. The van der Waals surface area contributed by atoms with Crippen molar-refractivity contribution in [1.82, 2.24) is 30.4 Å². The van der Waals surface area contributed by atoms with Crippen LogP contribution >= 0.6 is 35.3 Å². The monoisotopic (exact) mass is 530 g/mol. The molecule has 160 valence electrons. The number of halogens is 1. The second kappa shape index (κ2) is 11.1. The third kappa shape index (κ3) is 5.80. The number of nitrogens with zero attached hydrogens (tertiary/aromatic N) is 6. The zero-order valence-corrected chi connectivity index (χ0v) is 20.2. The van der Waals surface area contributed by atoms with Gasteiger partial charge in [-0.15, -0.1) is 35.3 Å². The molecule has 0 saturated carbocycles. The Labute approximate surface area is 193 Å². The Kier molecular flexibility index (Phi) is 8.52. The molecule has 0 aliphatic carbocycles. The summed E-state index contributed by atoms with van der Waals surface area (Å²) in [7, 11) is 0. The molecule has 2 saturated heterocycles. The van der Waals surface area contributed by atoms with Crippen LogP contribution in [0.3, 0.4) is 0 Å². The van der Waals surface area contributed by atoms with Gasteiger partial charge in [-0.25, -0.2) is 9.97 Å². The number of rotatable bonds is 6. The molecule has 4 rings (SSSR count). The zero-order chi connectivity index (χ0) is 19.2. The number of H-pyrrole nitrogens is 1.